The summed E-state index contributed by atoms with van der Waals surface area (Å²) >= 11 is 0. The summed E-state index contributed by atoms with van der Waals surface area (Å²) in [5, 5.41) is 0. The van der Waals surface area contributed by atoms with Crippen molar-refractivity contribution in [1.29, 1.82) is 0 Å². The molecule has 3 fully saturated rings. The lowest BCUT2D eigenvalue weighted by Crippen LogP contribution is -2.26. The predicted molar refractivity (Wildman–Crippen MR) is 65.1 cm³/mol. The molecule has 0 heterocycles. The molecule has 0 amide bonds. The molecule has 4 aliphatic carbocycles. The van der Waals surface area contributed by atoms with E-state index in [9.17, 15) is 4.79 Å². The molecule has 5 rings (SSSR count). The Bertz CT molecular complexity index is 559. The maximum atomic E-state index is 11.5. The molecule has 0 saturated heterocycles. The van der Waals surface area contributed by atoms with E-state index in [0.717, 1.165) is 41.1 Å². The Balaban J connectivity index is 1.69. The summed E-state index contributed by atoms with van der Waals surface area (Å²) in [6.45, 7) is 1.68. The summed E-state index contributed by atoms with van der Waals surface area (Å²) in [5.41, 5.74) is 4.07. The number of Topliss-reactive ketones (excluding diaryl/α,β-unsaturated/α-hetero) is 1. The molecule has 1 aromatic carbocycles. The van der Waals surface area contributed by atoms with E-state index in [2.05, 4.69) is 12.1 Å². The highest BCUT2D eigenvalue weighted by atomic mass is 16.1. The molecular weight excluding hydrogens is 208 g/mol. The molecule has 86 valence electrons. The van der Waals surface area contributed by atoms with Crippen LogP contribution in [-0.2, 0) is 0 Å². The number of carbonyl (C=O) groups excluding carboxylic acids is 1. The minimum Gasteiger partial charge on any atom is -0.295 e. The molecule has 0 unspecified atom stereocenters. The van der Waals surface area contributed by atoms with Crippen LogP contribution in [0, 0.1) is 23.7 Å². The van der Waals surface area contributed by atoms with Gasteiger partial charge in [-0.2, -0.15) is 0 Å². The Kier molecular flexibility index (Phi) is 1.31. The van der Waals surface area contributed by atoms with Gasteiger partial charge in [-0.25, -0.2) is 0 Å². The van der Waals surface area contributed by atoms with E-state index in [0.29, 0.717) is 0 Å². The Morgan fingerprint density at radius 2 is 1.88 bits per heavy atom. The predicted octanol–water partition coefficient (Wildman–Crippen LogP) is 3.36. The highest BCUT2D eigenvalue weighted by Gasteiger charge is 2.73. The fourth-order valence-electron chi connectivity index (χ4n) is 5.37. The first-order valence-corrected chi connectivity index (χ1v) is 6.92. The first-order valence-electron chi connectivity index (χ1n) is 6.92. The number of rotatable bonds is 1. The van der Waals surface area contributed by atoms with Gasteiger partial charge in [-0.05, 0) is 72.5 Å². The van der Waals surface area contributed by atoms with Gasteiger partial charge in [0.25, 0.3) is 0 Å². The first kappa shape index (κ1) is 8.91. The Labute approximate surface area is 101 Å². The van der Waals surface area contributed by atoms with Crippen LogP contribution in [0.1, 0.15) is 53.1 Å². The van der Waals surface area contributed by atoms with E-state index < -0.39 is 0 Å². The van der Waals surface area contributed by atoms with Crippen molar-refractivity contribution in [3.8, 4) is 0 Å². The number of benzene rings is 1. The van der Waals surface area contributed by atoms with Crippen molar-refractivity contribution in [1.82, 2.24) is 0 Å². The number of carbonyl (C=O) groups is 1. The molecular formula is C16H16O. The molecule has 4 aliphatic rings. The molecule has 0 N–H and O–H groups in total. The van der Waals surface area contributed by atoms with E-state index in [1.807, 2.05) is 6.07 Å². The van der Waals surface area contributed by atoms with Crippen molar-refractivity contribution in [2.45, 2.75) is 31.6 Å². The van der Waals surface area contributed by atoms with Crippen molar-refractivity contribution >= 4 is 5.78 Å². The third kappa shape index (κ3) is 0.821. The number of hydrogen-bond donors (Lipinski definition) is 0. The maximum Gasteiger partial charge on any atom is 0.159 e. The Morgan fingerprint density at radius 3 is 2.59 bits per heavy atom. The first-order chi connectivity index (χ1) is 8.27. The maximum absolute atomic E-state index is 11.5. The summed E-state index contributed by atoms with van der Waals surface area (Å²) in [6, 6.07) is 6.52. The van der Waals surface area contributed by atoms with Gasteiger partial charge in [-0.3, -0.25) is 4.79 Å². The van der Waals surface area contributed by atoms with Crippen LogP contribution < -0.4 is 0 Å². The minimum atomic E-state index is 0.216. The highest BCUT2D eigenvalue weighted by molar-refractivity contribution is 5.94. The average Bonchev–Trinajstić information content (AvgIpc) is 2.81. The molecule has 1 aromatic rings. The van der Waals surface area contributed by atoms with E-state index in [1.165, 1.54) is 12.8 Å². The molecule has 1 nitrogen and oxygen atoms in total. The molecule has 1 heteroatoms. The fourth-order valence-corrected chi connectivity index (χ4v) is 5.37. The van der Waals surface area contributed by atoms with Crippen molar-refractivity contribution in [3.05, 3.63) is 34.9 Å². The molecule has 0 radical (unpaired) electrons. The lowest BCUT2D eigenvalue weighted by atomic mass is 9.69. The average molecular weight is 224 g/mol. The van der Waals surface area contributed by atoms with Crippen LogP contribution in [0.25, 0.3) is 0 Å². The van der Waals surface area contributed by atoms with Crippen LogP contribution in [0.3, 0.4) is 0 Å². The zero-order valence-corrected chi connectivity index (χ0v) is 10.0. The van der Waals surface area contributed by atoms with Crippen molar-refractivity contribution in [2.24, 2.45) is 23.7 Å². The van der Waals surface area contributed by atoms with Gasteiger partial charge in [0.2, 0.25) is 0 Å². The van der Waals surface area contributed by atoms with Crippen LogP contribution >= 0.6 is 0 Å². The van der Waals surface area contributed by atoms with Crippen LogP contribution in [0.2, 0.25) is 0 Å². The second-order valence-corrected chi connectivity index (χ2v) is 6.51. The van der Waals surface area contributed by atoms with E-state index in [1.54, 1.807) is 18.1 Å². The van der Waals surface area contributed by atoms with Crippen LogP contribution in [0.15, 0.2) is 18.2 Å². The van der Waals surface area contributed by atoms with Crippen molar-refractivity contribution in [2.75, 3.05) is 0 Å². The summed E-state index contributed by atoms with van der Waals surface area (Å²) in [6.07, 6.45) is 2.92. The van der Waals surface area contributed by atoms with E-state index in [4.69, 9.17) is 0 Å². The second-order valence-electron chi connectivity index (χ2n) is 6.51. The topological polar surface area (TPSA) is 17.1 Å². The van der Waals surface area contributed by atoms with Crippen molar-refractivity contribution in [3.63, 3.8) is 0 Å². The standard InChI is InChI=1S/C16H16O/c1-7(17)8-2-3-11-12(6-8)13-9-4-5-10(9)14-15(11)16(13)14/h2-3,6,9-10,13-16H,4-5H2,1H3/t9-,10-,13+,14+,15+,16-/m0/s1. The number of hydrogen-bond acceptors (Lipinski definition) is 1. The summed E-state index contributed by atoms with van der Waals surface area (Å²) in [5.74, 6) is 5.97. The van der Waals surface area contributed by atoms with Crippen LogP contribution in [-0.4, -0.2) is 5.78 Å². The quantitative estimate of drug-likeness (QED) is 0.668. The fraction of sp³-hybridized carbons (Fsp3) is 0.562. The number of ketones is 1. The molecule has 0 aliphatic heterocycles. The van der Waals surface area contributed by atoms with Crippen LogP contribution in [0.4, 0.5) is 0 Å². The zero-order valence-electron chi connectivity index (χ0n) is 10.0. The largest absolute Gasteiger partial charge is 0.295 e. The second kappa shape index (κ2) is 2.50. The van der Waals surface area contributed by atoms with Crippen molar-refractivity contribution < 1.29 is 4.79 Å². The molecule has 0 bridgehead atoms. The highest BCUT2D eigenvalue weighted by Crippen LogP contribution is 2.81. The third-order valence-corrected chi connectivity index (χ3v) is 6.10. The van der Waals surface area contributed by atoms with Gasteiger partial charge in [-0.1, -0.05) is 12.1 Å². The van der Waals surface area contributed by atoms with Gasteiger partial charge in [0.1, 0.15) is 0 Å². The molecule has 3 saturated carbocycles. The Morgan fingerprint density at radius 1 is 1.06 bits per heavy atom. The lowest BCUT2D eigenvalue weighted by Gasteiger charge is -2.36. The van der Waals surface area contributed by atoms with E-state index >= 15 is 0 Å². The molecule has 17 heavy (non-hydrogen) atoms. The smallest absolute Gasteiger partial charge is 0.159 e. The monoisotopic (exact) mass is 224 g/mol. The van der Waals surface area contributed by atoms with Gasteiger partial charge in [0, 0.05) is 5.56 Å². The summed E-state index contributed by atoms with van der Waals surface area (Å²) < 4.78 is 0. The summed E-state index contributed by atoms with van der Waals surface area (Å²) in [4.78, 5) is 11.5. The lowest BCUT2D eigenvalue weighted by molar-refractivity contribution is 0.101. The van der Waals surface area contributed by atoms with E-state index in [-0.39, 0.29) is 5.78 Å². The zero-order chi connectivity index (χ0) is 11.3. The van der Waals surface area contributed by atoms with Crippen LogP contribution in [0.5, 0.6) is 0 Å². The molecule has 0 spiro atoms. The van der Waals surface area contributed by atoms with Gasteiger partial charge >= 0.3 is 0 Å². The normalized spacial score (nSPS) is 46.9. The Hall–Kier alpha value is -1.11. The van der Waals surface area contributed by atoms with Gasteiger partial charge in [0.05, 0.1) is 0 Å². The SMILES string of the molecule is CC(=O)c1ccc2c(c1)[C@H]1[C@H]3CC[C@@H]3[C@@H]3[C@@H]2[C@@H]13. The molecule has 0 aromatic heterocycles. The third-order valence-electron chi connectivity index (χ3n) is 6.10. The van der Waals surface area contributed by atoms with Gasteiger partial charge in [-0.15, -0.1) is 0 Å². The number of fused-ring (bicyclic) bond motifs is 7. The molecule has 6 atom stereocenters. The van der Waals surface area contributed by atoms with Gasteiger partial charge in [0.15, 0.2) is 5.78 Å². The summed E-state index contributed by atoms with van der Waals surface area (Å²) in [7, 11) is 0. The van der Waals surface area contributed by atoms with Gasteiger partial charge < -0.3 is 0 Å². The minimum absolute atomic E-state index is 0.216.